The van der Waals surface area contributed by atoms with Crippen molar-refractivity contribution in [2.75, 3.05) is 0 Å². The van der Waals surface area contributed by atoms with Crippen LogP contribution in [-0.2, 0) is 7.05 Å². The molecule has 0 aliphatic heterocycles. The Labute approximate surface area is 141 Å². The summed E-state index contributed by atoms with van der Waals surface area (Å²) in [6.45, 7) is 2.18. The highest BCUT2D eigenvalue weighted by molar-refractivity contribution is 6.15. The molecule has 0 unspecified atom stereocenters. The molecule has 1 heteroatoms. The molecule has 0 bridgehead atoms. The number of hydrogen-bond donors (Lipinski definition) is 0. The van der Waals surface area contributed by atoms with Crippen molar-refractivity contribution in [3.8, 4) is 33.5 Å². The summed E-state index contributed by atoms with van der Waals surface area (Å²) >= 11 is 0. The average Bonchev–Trinajstić information content (AvgIpc) is 2.91. The zero-order chi connectivity index (χ0) is 16.3. The van der Waals surface area contributed by atoms with Gasteiger partial charge in [-0.25, -0.2) is 4.57 Å². The van der Waals surface area contributed by atoms with E-state index in [0.717, 1.165) is 0 Å². The van der Waals surface area contributed by atoms with Crippen molar-refractivity contribution in [3.63, 3.8) is 0 Å². The normalized spacial score (nSPS) is 11.8. The van der Waals surface area contributed by atoms with Gasteiger partial charge in [0.2, 0.25) is 5.69 Å². The van der Waals surface area contributed by atoms with E-state index in [2.05, 4.69) is 91.5 Å². The fraction of sp³-hybridized carbons (Fsp3) is 0.0870. The lowest BCUT2D eigenvalue weighted by Crippen LogP contribution is -2.31. The Morgan fingerprint density at radius 1 is 0.667 bits per heavy atom. The Balaban J connectivity index is 1.86. The second-order valence-electron chi connectivity index (χ2n) is 6.62. The van der Waals surface area contributed by atoms with Gasteiger partial charge in [-0.15, -0.1) is 0 Å². The van der Waals surface area contributed by atoms with Gasteiger partial charge in [-0.05, 0) is 40.5 Å². The van der Waals surface area contributed by atoms with Crippen LogP contribution in [-0.4, -0.2) is 0 Å². The van der Waals surface area contributed by atoms with Gasteiger partial charge in [0.1, 0.15) is 7.05 Å². The van der Waals surface area contributed by atoms with Gasteiger partial charge in [-0.2, -0.15) is 0 Å². The minimum atomic E-state index is 1.26. The van der Waals surface area contributed by atoms with E-state index in [1.54, 1.807) is 0 Å². The number of hydrogen-bond acceptors (Lipinski definition) is 0. The van der Waals surface area contributed by atoms with Gasteiger partial charge in [0.25, 0.3) is 0 Å². The van der Waals surface area contributed by atoms with Crippen LogP contribution in [0.25, 0.3) is 44.3 Å². The predicted molar refractivity (Wildman–Crippen MR) is 99.7 cm³/mol. The molecule has 24 heavy (non-hydrogen) atoms. The highest BCUT2D eigenvalue weighted by atomic mass is 14.9. The van der Waals surface area contributed by atoms with Gasteiger partial charge in [0, 0.05) is 17.2 Å². The number of aromatic nitrogens is 1. The molecule has 1 aliphatic rings. The van der Waals surface area contributed by atoms with Crippen molar-refractivity contribution in [2.24, 2.45) is 7.05 Å². The van der Waals surface area contributed by atoms with Crippen LogP contribution in [0.2, 0.25) is 0 Å². The third-order valence-electron chi connectivity index (χ3n) is 5.18. The monoisotopic (exact) mass is 308 g/mol. The van der Waals surface area contributed by atoms with E-state index in [9.17, 15) is 0 Å². The van der Waals surface area contributed by atoms with Crippen molar-refractivity contribution in [1.29, 1.82) is 0 Å². The number of aryl methyl sites for hydroxylation is 2. The first-order valence-electron chi connectivity index (χ1n) is 8.36. The molecule has 0 amide bonds. The fourth-order valence-corrected chi connectivity index (χ4v) is 4.00. The van der Waals surface area contributed by atoms with Crippen LogP contribution < -0.4 is 4.57 Å². The second-order valence-corrected chi connectivity index (χ2v) is 6.62. The maximum absolute atomic E-state index is 2.35. The summed E-state index contributed by atoms with van der Waals surface area (Å²) in [6.07, 6.45) is 2.28. The molecule has 0 saturated heterocycles. The van der Waals surface area contributed by atoms with E-state index in [4.69, 9.17) is 0 Å². The van der Waals surface area contributed by atoms with Crippen LogP contribution in [0.1, 0.15) is 5.56 Å². The van der Waals surface area contributed by atoms with Crippen LogP contribution in [0, 0.1) is 6.92 Å². The van der Waals surface area contributed by atoms with E-state index in [0.29, 0.717) is 0 Å². The maximum Gasteiger partial charge on any atom is 0.213 e. The minimum Gasteiger partial charge on any atom is -0.200 e. The van der Waals surface area contributed by atoms with Crippen LogP contribution in [0.4, 0.5) is 0 Å². The van der Waals surface area contributed by atoms with Gasteiger partial charge in [0.15, 0.2) is 6.20 Å². The van der Waals surface area contributed by atoms with Crippen molar-refractivity contribution < 1.29 is 4.57 Å². The molecule has 3 aromatic carbocycles. The van der Waals surface area contributed by atoms with E-state index in [1.807, 2.05) is 0 Å². The van der Waals surface area contributed by atoms with Crippen molar-refractivity contribution in [1.82, 2.24) is 0 Å². The Bertz CT molecular complexity index is 1120. The largest absolute Gasteiger partial charge is 0.213 e. The van der Waals surface area contributed by atoms with Gasteiger partial charge >= 0.3 is 0 Å². The summed E-state index contributed by atoms with van der Waals surface area (Å²) in [5.74, 6) is 0. The standard InChI is InChI=1S/C23H18N/c1-15-7-3-4-10-17(15)22-13-20-18-11-5-8-16-9-6-12-19(23(16)18)21(20)14-24(22)2/h3-14H,1-2H3/q+1. The lowest BCUT2D eigenvalue weighted by Gasteiger charge is -2.07. The molecule has 4 aromatic rings. The lowest BCUT2D eigenvalue weighted by atomic mass is 10.00. The first-order valence-corrected chi connectivity index (χ1v) is 8.36. The molecule has 0 N–H and O–H groups in total. The number of nitrogens with zero attached hydrogens (tertiary/aromatic N) is 1. The van der Waals surface area contributed by atoms with Gasteiger partial charge in [0.05, 0.1) is 5.56 Å². The number of fused-ring (bicyclic) bond motifs is 3. The van der Waals surface area contributed by atoms with Crippen LogP contribution in [0.5, 0.6) is 0 Å². The molecule has 1 nitrogen and oxygen atoms in total. The van der Waals surface area contributed by atoms with Gasteiger partial charge < -0.3 is 0 Å². The third-order valence-corrected chi connectivity index (χ3v) is 5.18. The summed E-state index contributed by atoms with van der Waals surface area (Å²) < 4.78 is 2.26. The summed E-state index contributed by atoms with van der Waals surface area (Å²) in [5, 5.41) is 2.71. The molecular formula is C23H18N+. The van der Waals surface area contributed by atoms with E-state index < -0.39 is 0 Å². The molecular weight excluding hydrogens is 290 g/mol. The number of benzene rings is 3. The Kier molecular flexibility index (Phi) is 2.69. The SMILES string of the molecule is Cc1ccccc1-c1cc2c(c[n+]1C)-c1cccc3cccc-2c13. The average molecular weight is 308 g/mol. The number of rotatable bonds is 1. The zero-order valence-electron chi connectivity index (χ0n) is 13.9. The van der Waals surface area contributed by atoms with Crippen molar-refractivity contribution >= 4 is 10.8 Å². The smallest absolute Gasteiger partial charge is 0.200 e. The Morgan fingerprint density at radius 3 is 2.08 bits per heavy atom. The maximum atomic E-state index is 2.35. The topological polar surface area (TPSA) is 3.88 Å². The fourth-order valence-electron chi connectivity index (χ4n) is 4.00. The molecule has 1 heterocycles. The van der Waals surface area contributed by atoms with Crippen molar-refractivity contribution in [3.05, 3.63) is 78.5 Å². The summed E-state index contributed by atoms with van der Waals surface area (Å²) in [7, 11) is 2.14. The predicted octanol–water partition coefficient (Wildman–Crippen LogP) is 5.29. The molecule has 0 fully saturated rings. The highest BCUT2D eigenvalue weighted by Gasteiger charge is 2.26. The summed E-state index contributed by atoms with van der Waals surface area (Å²) in [4.78, 5) is 0. The Hall–Kier alpha value is -2.93. The molecule has 0 atom stereocenters. The summed E-state index contributed by atoms with van der Waals surface area (Å²) in [6, 6.07) is 24.2. The quantitative estimate of drug-likeness (QED) is 0.371. The molecule has 114 valence electrons. The van der Waals surface area contributed by atoms with Crippen LogP contribution in [0.3, 0.4) is 0 Å². The first kappa shape index (κ1) is 13.5. The molecule has 5 rings (SSSR count). The molecule has 0 spiro atoms. The van der Waals surface area contributed by atoms with E-state index in [-0.39, 0.29) is 0 Å². The zero-order valence-corrected chi connectivity index (χ0v) is 13.9. The first-order chi connectivity index (χ1) is 11.7. The van der Waals surface area contributed by atoms with Crippen LogP contribution >= 0.6 is 0 Å². The third kappa shape index (κ3) is 1.73. The number of pyridine rings is 1. The van der Waals surface area contributed by atoms with Crippen molar-refractivity contribution in [2.45, 2.75) is 6.92 Å². The molecule has 0 saturated carbocycles. The Morgan fingerprint density at radius 2 is 1.33 bits per heavy atom. The lowest BCUT2D eigenvalue weighted by molar-refractivity contribution is -0.659. The van der Waals surface area contributed by atoms with Gasteiger partial charge in [-0.3, -0.25) is 0 Å². The minimum absolute atomic E-state index is 1.26. The molecule has 0 radical (unpaired) electrons. The van der Waals surface area contributed by atoms with E-state index >= 15 is 0 Å². The molecule has 1 aliphatic carbocycles. The van der Waals surface area contributed by atoms with Gasteiger partial charge in [-0.1, -0.05) is 54.6 Å². The molecule has 1 aromatic heterocycles. The second kappa shape index (κ2) is 4.78. The summed E-state index contributed by atoms with van der Waals surface area (Å²) in [5.41, 5.74) is 9.25. The van der Waals surface area contributed by atoms with E-state index in [1.165, 1.54) is 49.8 Å². The highest BCUT2D eigenvalue weighted by Crippen LogP contribution is 2.47. The van der Waals surface area contributed by atoms with Crippen LogP contribution in [0.15, 0.2) is 72.9 Å².